The van der Waals surface area contributed by atoms with Crippen molar-refractivity contribution >= 4 is 20.9 Å². The number of methoxy groups -OCH3 is 3. The molecule has 29 heavy (non-hydrogen) atoms. The van der Waals surface area contributed by atoms with E-state index in [1.807, 2.05) is 0 Å². The molecule has 0 spiro atoms. The van der Waals surface area contributed by atoms with Gasteiger partial charge in [-0.1, -0.05) is 25.3 Å². The third-order valence-electron chi connectivity index (χ3n) is 4.93. The van der Waals surface area contributed by atoms with E-state index in [2.05, 4.69) is 0 Å². The van der Waals surface area contributed by atoms with Gasteiger partial charge in [0.15, 0.2) is 12.1 Å². The first-order valence-corrected chi connectivity index (χ1v) is 10.0. The molecule has 3 unspecified atom stereocenters. The number of ketones is 1. The van der Waals surface area contributed by atoms with Crippen molar-refractivity contribution < 1.29 is 38.1 Å². The van der Waals surface area contributed by atoms with Gasteiger partial charge in [-0.25, -0.2) is 4.79 Å². The Morgan fingerprint density at radius 1 is 1.00 bits per heavy atom. The summed E-state index contributed by atoms with van der Waals surface area (Å²) in [5.41, 5.74) is 0.245. The van der Waals surface area contributed by atoms with E-state index in [9.17, 15) is 9.59 Å². The third-order valence-corrected chi connectivity index (χ3v) is 4.93. The lowest BCUT2D eigenvalue weighted by Gasteiger charge is -2.28. The number of ether oxygens (including phenoxy) is 3. The Labute approximate surface area is 173 Å². The van der Waals surface area contributed by atoms with Gasteiger partial charge in [0.1, 0.15) is 23.0 Å². The summed E-state index contributed by atoms with van der Waals surface area (Å²) in [6, 6.07) is 5.07. The van der Waals surface area contributed by atoms with Crippen molar-refractivity contribution in [2.75, 3.05) is 21.3 Å². The average Bonchev–Trinajstić information content (AvgIpc) is 2.78. The number of Topliss-reactive ketones (excluding diaryl/α,β-unsaturated/α-hetero) is 1. The summed E-state index contributed by atoms with van der Waals surface area (Å²) in [6.45, 7) is 1.59. The van der Waals surface area contributed by atoms with Crippen LogP contribution in [0.1, 0.15) is 49.4 Å². The maximum absolute atomic E-state index is 13.4. The van der Waals surface area contributed by atoms with Gasteiger partial charge < -0.3 is 18.8 Å². The summed E-state index contributed by atoms with van der Waals surface area (Å²) in [5.74, 6) is -1.48. The molecule has 8 nitrogen and oxygen atoms in total. The highest BCUT2D eigenvalue weighted by Gasteiger charge is 2.40. The van der Waals surface area contributed by atoms with E-state index >= 15 is 0 Å². The molecule has 9 heteroatoms. The fraction of sp³-hybridized carbons (Fsp3) is 0.600. The zero-order valence-corrected chi connectivity index (χ0v) is 18.9. The van der Waals surface area contributed by atoms with Crippen LogP contribution in [-0.2, 0) is 23.9 Å². The summed E-state index contributed by atoms with van der Waals surface area (Å²) in [6.07, 6.45) is 3.88. The van der Waals surface area contributed by atoms with Crippen LogP contribution >= 0.6 is 9.12 Å². The number of carbonyl (C=O) groups is 2. The van der Waals surface area contributed by atoms with Gasteiger partial charge in [0.25, 0.3) is 0 Å². The smallest absolute Gasteiger partial charge is 0.353 e. The zero-order valence-electron chi connectivity index (χ0n) is 17.5. The number of hydrogen-bond donors (Lipinski definition) is 0. The average molecular weight is 430 g/mol. The second-order valence-electron chi connectivity index (χ2n) is 6.58. The standard InChI is InChI=1S/C20H28O7.H3OP/c1-13(23-2)26-27-20(22)17(14-9-6-5-7-10-14)19(21)18-15(24-3)11-8-12-16(18)25-4;1-2/h8,11-14,17H,5-7,9-10H2,1-4H3;2H3. The van der Waals surface area contributed by atoms with Crippen molar-refractivity contribution in [3.63, 3.8) is 0 Å². The summed E-state index contributed by atoms with van der Waals surface area (Å²) in [5, 5.41) is 0. The van der Waals surface area contributed by atoms with Crippen LogP contribution in [0.3, 0.4) is 0 Å². The molecule has 0 bridgehead atoms. The molecule has 1 aliphatic rings. The van der Waals surface area contributed by atoms with Crippen LogP contribution in [0.25, 0.3) is 0 Å². The second-order valence-corrected chi connectivity index (χ2v) is 6.58. The van der Waals surface area contributed by atoms with Crippen molar-refractivity contribution in [1.29, 1.82) is 0 Å². The van der Waals surface area contributed by atoms with Gasteiger partial charge in [0.2, 0.25) is 0 Å². The Balaban J connectivity index is 0.00000204. The van der Waals surface area contributed by atoms with E-state index in [4.69, 9.17) is 28.6 Å². The molecule has 0 aromatic heterocycles. The van der Waals surface area contributed by atoms with Gasteiger partial charge in [-0.05, 0) is 37.8 Å². The normalized spacial score (nSPS) is 16.1. The van der Waals surface area contributed by atoms with E-state index in [1.54, 1.807) is 25.1 Å². The Morgan fingerprint density at radius 3 is 2.03 bits per heavy atom. The van der Waals surface area contributed by atoms with Crippen molar-refractivity contribution in [3.05, 3.63) is 23.8 Å². The summed E-state index contributed by atoms with van der Waals surface area (Å²) in [4.78, 5) is 36.1. The first kappa shape index (κ1) is 25.1. The molecule has 1 aliphatic carbocycles. The van der Waals surface area contributed by atoms with Gasteiger partial charge in [-0.2, -0.15) is 4.89 Å². The van der Waals surface area contributed by atoms with Crippen molar-refractivity contribution in [2.24, 2.45) is 11.8 Å². The van der Waals surface area contributed by atoms with Gasteiger partial charge in [-0.3, -0.25) is 9.68 Å². The van der Waals surface area contributed by atoms with Crippen molar-refractivity contribution in [1.82, 2.24) is 0 Å². The minimum Gasteiger partial charge on any atom is -0.496 e. The predicted octanol–water partition coefficient (Wildman–Crippen LogP) is 3.49. The molecule has 1 aromatic rings. The van der Waals surface area contributed by atoms with Crippen LogP contribution in [0.15, 0.2) is 18.2 Å². The molecule has 1 aromatic carbocycles. The van der Waals surface area contributed by atoms with Crippen LogP contribution in [0.5, 0.6) is 11.5 Å². The summed E-state index contributed by atoms with van der Waals surface area (Å²) < 4.78 is 23.9. The first-order valence-electron chi connectivity index (χ1n) is 9.47. The maximum Gasteiger partial charge on any atom is 0.353 e. The molecule has 164 valence electrons. The first-order chi connectivity index (χ1) is 14.0. The lowest BCUT2D eigenvalue weighted by Crippen LogP contribution is -2.35. The molecule has 1 fully saturated rings. The third kappa shape index (κ3) is 6.84. The highest BCUT2D eigenvalue weighted by atomic mass is 31.0. The lowest BCUT2D eigenvalue weighted by molar-refractivity contribution is -0.344. The molecule has 0 saturated heterocycles. The molecule has 2 rings (SSSR count). The van der Waals surface area contributed by atoms with Gasteiger partial charge in [0, 0.05) is 7.11 Å². The van der Waals surface area contributed by atoms with Crippen LogP contribution in [0, 0.1) is 11.8 Å². The van der Waals surface area contributed by atoms with E-state index in [-0.39, 0.29) is 17.3 Å². The lowest BCUT2D eigenvalue weighted by atomic mass is 9.76. The van der Waals surface area contributed by atoms with E-state index in [0.717, 1.165) is 32.1 Å². The van der Waals surface area contributed by atoms with Gasteiger partial charge in [-0.15, -0.1) is 0 Å². The van der Waals surface area contributed by atoms with Crippen LogP contribution in [0.4, 0.5) is 0 Å². The zero-order chi connectivity index (χ0) is 21.8. The molecular weight excluding hydrogens is 399 g/mol. The topological polar surface area (TPSA) is 97.4 Å². The maximum atomic E-state index is 13.4. The molecular formula is C20H31O8P. The van der Waals surface area contributed by atoms with Crippen molar-refractivity contribution in [3.8, 4) is 11.5 Å². The van der Waals surface area contributed by atoms with E-state index in [1.165, 1.54) is 21.3 Å². The van der Waals surface area contributed by atoms with E-state index in [0.29, 0.717) is 20.6 Å². The highest BCUT2D eigenvalue weighted by Crippen LogP contribution is 2.37. The Bertz CT molecular complexity index is 638. The minimum absolute atomic E-state index is 0.116. The monoisotopic (exact) mass is 430 g/mol. The molecule has 0 radical (unpaired) electrons. The molecule has 0 N–H and O–H groups in total. The number of hydrogen-bond acceptors (Lipinski definition) is 8. The molecule has 1 saturated carbocycles. The fourth-order valence-electron chi connectivity index (χ4n) is 3.44. The fourth-order valence-corrected chi connectivity index (χ4v) is 3.44. The highest BCUT2D eigenvalue weighted by molar-refractivity contribution is 7.00. The molecule has 0 aliphatic heterocycles. The quantitative estimate of drug-likeness (QED) is 0.147. The number of benzene rings is 1. The summed E-state index contributed by atoms with van der Waals surface area (Å²) >= 11 is 0. The van der Waals surface area contributed by atoms with Crippen LogP contribution in [-0.4, -0.2) is 39.4 Å². The Hall–Kier alpha value is -1.89. The molecule has 0 amide bonds. The van der Waals surface area contributed by atoms with E-state index < -0.39 is 18.2 Å². The predicted molar refractivity (Wildman–Crippen MR) is 109 cm³/mol. The number of rotatable bonds is 9. The van der Waals surface area contributed by atoms with Crippen LogP contribution < -0.4 is 9.47 Å². The SMILES string of the molecule is COc1cccc(OC)c1C(=O)C(C(=O)OOC(C)OC)C1CCCCC1.O=[PH3]. The van der Waals surface area contributed by atoms with Gasteiger partial charge in [0.05, 0.1) is 23.3 Å². The minimum atomic E-state index is -0.987. The molecule has 3 atom stereocenters. The Kier molecular flexibility index (Phi) is 11.6. The largest absolute Gasteiger partial charge is 0.496 e. The molecule has 0 heterocycles. The Morgan fingerprint density at radius 2 is 1.55 bits per heavy atom. The second kappa shape index (κ2) is 13.4. The number of carbonyl (C=O) groups excluding carboxylic acids is 2. The van der Waals surface area contributed by atoms with Gasteiger partial charge >= 0.3 is 5.97 Å². The van der Waals surface area contributed by atoms with Crippen molar-refractivity contribution in [2.45, 2.75) is 45.3 Å². The van der Waals surface area contributed by atoms with Crippen LogP contribution in [0.2, 0.25) is 0 Å². The summed E-state index contributed by atoms with van der Waals surface area (Å²) in [7, 11) is 4.99.